The van der Waals surface area contributed by atoms with Gasteiger partial charge in [-0.15, -0.1) is 5.92 Å². The summed E-state index contributed by atoms with van der Waals surface area (Å²) in [6.07, 6.45) is 2.14. The van der Waals surface area contributed by atoms with Gasteiger partial charge in [0.15, 0.2) is 0 Å². The van der Waals surface area contributed by atoms with Crippen molar-refractivity contribution < 1.29 is 5.11 Å². The topological polar surface area (TPSA) is 35.5 Å². The van der Waals surface area contributed by atoms with E-state index >= 15 is 0 Å². The predicted molar refractivity (Wildman–Crippen MR) is 80.4 cm³/mol. The molecule has 1 aliphatic rings. The number of nitrogens with zero attached hydrogens (tertiary/aromatic N) is 1. The minimum Gasteiger partial charge on any atom is -0.396 e. The van der Waals surface area contributed by atoms with E-state index in [-0.39, 0.29) is 0 Å². The van der Waals surface area contributed by atoms with Crippen LogP contribution in [-0.2, 0) is 0 Å². The minimum absolute atomic E-state index is 0.319. The van der Waals surface area contributed by atoms with Crippen molar-refractivity contribution in [3.05, 3.63) is 24.3 Å². The van der Waals surface area contributed by atoms with Crippen LogP contribution in [0, 0.1) is 17.8 Å². The number of hydrogen-bond acceptors (Lipinski definition) is 3. The number of para-hydroxylation sites is 2. The van der Waals surface area contributed by atoms with Crippen LogP contribution in [0.15, 0.2) is 24.3 Å². The van der Waals surface area contributed by atoms with E-state index in [1.807, 2.05) is 13.0 Å². The molecule has 2 rings (SSSR count). The summed E-state index contributed by atoms with van der Waals surface area (Å²) in [7, 11) is 0. The highest BCUT2D eigenvalue weighted by atomic mass is 16.3. The molecule has 19 heavy (non-hydrogen) atoms. The van der Waals surface area contributed by atoms with Crippen molar-refractivity contribution in [1.29, 1.82) is 0 Å². The summed E-state index contributed by atoms with van der Waals surface area (Å²) in [6, 6.07) is 8.38. The Labute approximate surface area is 115 Å². The molecule has 3 heteroatoms. The quantitative estimate of drug-likeness (QED) is 0.814. The molecule has 3 nitrogen and oxygen atoms in total. The molecule has 0 spiro atoms. The van der Waals surface area contributed by atoms with Crippen LogP contribution in [0.5, 0.6) is 0 Å². The van der Waals surface area contributed by atoms with E-state index in [1.54, 1.807) is 0 Å². The molecule has 0 amide bonds. The molecule has 0 atom stereocenters. The average Bonchev–Trinajstić information content (AvgIpc) is 2.48. The second-order valence-corrected chi connectivity index (χ2v) is 4.91. The number of piperidine rings is 1. The van der Waals surface area contributed by atoms with Crippen LogP contribution in [0.4, 0.5) is 11.4 Å². The number of rotatable bonds is 4. The standard InChI is InChI=1S/C16H22N2O/c1-2-3-10-17-15-6-4-5-7-16(15)18-11-8-14(13-19)9-12-18/h4-7,14,17,19H,8-13H2,1H3. The van der Waals surface area contributed by atoms with E-state index in [9.17, 15) is 5.11 Å². The van der Waals surface area contributed by atoms with Gasteiger partial charge in [0.2, 0.25) is 0 Å². The van der Waals surface area contributed by atoms with Crippen LogP contribution in [0.25, 0.3) is 0 Å². The van der Waals surface area contributed by atoms with Crippen LogP contribution in [0.3, 0.4) is 0 Å². The molecule has 102 valence electrons. The van der Waals surface area contributed by atoms with Gasteiger partial charge in [-0.2, -0.15) is 0 Å². The Hall–Kier alpha value is -1.66. The molecule has 1 saturated heterocycles. The van der Waals surface area contributed by atoms with Crippen molar-refractivity contribution in [1.82, 2.24) is 0 Å². The lowest BCUT2D eigenvalue weighted by Crippen LogP contribution is -2.35. The molecule has 1 fully saturated rings. The number of anilines is 2. The molecule has 1 heterocycles. The van der Waals surface area contributed by atoms with E-state index in [1.165, 1.54) is 5.69 Å². The van der Waals surface area contributed by atoms with Crippen LogP contribution < -0.4 is 10.2 Å². The molecule has 0 saturated carbocycles. The third-order valence-corrected chi connectivity index (χ3v) is 3.66. The van der Waals surface area contributed by atoms with E-state index in [2.05, 4.69) is 40.3 Å². The SMILES string of the molecule is CC#CCNc1ccccc1N1CCC(CO)CC1. The Kier molecular flexibility index (Phi) is 5.11. The zero-order valence-corrected chi connectivity index (χ0v) is 11.5. The summed E-state index contributed by atoms with van der Waals surface area (Å²) < 4.78 is 0. The van der Waals surface area contributed by atoms with Gasteiger partial charge in [-0.1, -0.05) is 18.1 Å². The zero-order valence-electron chi connectivity index (χ0n) is 11.5. The molecule has 1 aliphatic heterocycles. The summed E-state index contributed by atoms with van der Waals surface area (Å²) in [6.45, 7) is 4.89. The van der Waals surface area contributed by atoms with Crippen LogP contribution in [0.1, 0.15) is 19.8 Å². The highest BCUT2D eigenvalue weighted by molar-refractivity contribution is 5.70. The number of aliphatic hydroxyl groups is 1. The Bertz CT molecular complexity index is 453. The minimum atomic E-state index is 0.319. The molecule has 1 aromatic rings. The van der Waals surface area contributed by atoms with E-state index < -0.39 is 0 Å². The van der Waals surface area contributed by atoms with Gasteiger partial charge < -0.3 is 15.3 Å². The van der Waals surface area contributed by atoms with Crippen molar-refractivity contribution in [2.75, 3.05) is 36.5 Å². The first kappa shape index (κ1) is 13.8. The van der Waals surface area contributed by atoms with Crippen LogP contribution in [0.2, 0.25) is 0 Å². The average molecular weight is 258 g/mol. The number of aliphatic hydroxyl groups excluding tert-OH is 1. The third-order valence-electron chi connectivity index (χ3n) is 3.66. The highest BCUT2D eigenvalue weighted by Crippen LogP contribution is 2.29. The van der Waals surface area contributed by atoms with Crippen molar-refractivity contribution in [2.24, 2.45) is 5.92 Å². The number of nitrogens with one attached hydrogen (secondary N) is 1. The van der Waals surface area contributed by atoms with Gasteiger partial charge in [0.1, 0.15) is 0 Å². The Morgan fingerprint density at radius 3 is 2.74 bits per heavy atom. The first-order chi connectivity index (χ1) is 9.35. The smallest absolute Gasteiger partial charge is 0.0766 e. The first-order valence-electron chi connectivity index (χ1n) is 6.93. The molecular formula is C16H22N2O. The molecular weight excluding hydrogens is 236 g/mol. The first-order valence-corrected chi connectivity index (χ1v) is 6.93. The molecule has 2 N–H and O–H groups in total. The fourth-order valence-electron chi connectivity index (χ4n) is 2.48. The van der Waals surface area contributed by atoms with Crippen LogP contribution >= 0.6 is 0 Å². The van der Waals surface area contributed by atoms with Gasteiger partial charge in [0.05, 0.1) is 17.9 Å². The molecule has 0 unspecified atom stereocenters. The molecule has 0 radical (unpaired) electrons. The van der Waals surface area contributed by atoms with Gasteiger partial charge in [-0.25, -0.2) is 0 Å². The second kappa shape index (κ2) is 7.06. The van der Waals surface area contributed by atoms with Crippen molar-refractivity contribution in [2.45, 2.75) is 19.8 Å². The molecule has 1 aromatic carbocycles. The summed E-state index contributed by atoms with van der Waals surface area (Å²) in [5.74, 6) is 6.40. The van der Waals surface area contributed by atoms with Crippen molar-refractivity contribution in [3.63, 3.8) is 0 Å². The molecule has 0 aromatic heterocycles. The van der Waals surface area contributed by atoms with Gasteiger partial charge in [-0.05, 0) is 37.8 Å². The number of benzene rings is 1. The second-order valence-electron chi connectivity index (χ2n) is 4.91. The normalized spacial score (nSPS) is 15.8. The Morgan fingerprint density at radius 1 is 1.32 bits per heavy atom. The maximum Gasteiger partial charge on any atom is 0.0766 e. The monoisotopic (exact) mass is 258 g/mol. The summed E-state index contributed by atoms with van der Waals surface area (Å²) in [4.78, 5) is 2.40. The predicted octanol–water partition coefficient (Wildman–Crippen LogP) is 2.33. The Balaban J connectivity index is 2.04. The lowest BCUT2D eigenvalue weighted by molar-refractivity contribution is 0.203. The van der Waals surface area contributed by atoms with Gasteiger partial charge in [0.25, 0.3) is 0 Å². The van der Waals surface area contributed by atoms with Gasteiger partial charge in [0, 0.05) is 19.7 Å². The van der Waals surface area contributed by atoms with E-state index in [0.717, 1.165) is 31.6 Å². The third kappa shape index (κ3) is 3.65. The lowest BCUT2D eigenvalue weighted by Gasteiger charge is -2.34. The maximum absolute atomic E-state index is 9.20. The zero-order chi connectivity index (χ0) is 13.5. The lowest BCUT2D eigenvalue weighted by atomic mass is 9.97. The van der Waals surface area contributed by atoms with Crippen molar-refractivity contribution in [3.8, 4) is 11.8 Å². The highest BCUT2D eigenvalue weighted by Gasteiger charge is 2.20. The van der Waals surface area contributed by atoms with Crippen molar-refractivity contribution >= 4 is 11.4 Å². The van der Waals surface area contributed by atoms with E-state index in [0.29, 0.717) is 19.1 Å². The largest absolute Gasteiger partial charge is 0.396 e. The van der Waals surface area contributed by atoms with Gasteiger partial charge in [-0.3, -0.25) is 0 Å². The number of hydrogen-bond donors (Lipinski definition) is 2. The fourth-order valence-corrected chi connectivity index (χ4v) is 2.48. The maximum atomic E-state index is 9.20. The summed E-state index contributed by atoms with van der Waals surface area (Å²) in [5, 5.41) is 12.6. The Morgan fingerprint density at radius 2 is 2.05 bits per heavy atom. The van der Waals surface area contributed by atoms with Crippen LogP contribution in [-0.4, -0.2) is 31.3 Å². The molecule has 0 bridgehead atoms. The van der Waals surface area contributed by atoms with E-state index in [4.69, 9.17) is 0 Å². The fraction of sp³-hybridized carbons (Fsp3) is 0.500. The van der Waals surface area contributed by atoms with Gasteiger partial charge >= 0.3 is 0 Å². The summed E-state index contributed by atoms with van der Waals surface area (Å²) >= 11 is 0. The molecule has 0 aliphatic carbocycles. The summed E-state index contributed by atoms with van der Waals surface area (Å²) in [5.41, 5.74) is 2.39.